The maximum absolute atomic E-state index is 14.8. The lowest BCUT2D eigenvalue weighted by Crippen LogP contribution is -2.45. The smallest absolute Gasteiger partial charge is 0.305 e. The second kappa shape index (κ2) is 48.4. The number of carbonyl (C=O) groups is 3. The summed E-state index contributed by atoms with van der Waals surface area (Å²) in [6, 6.07) is 0.355. The Labute approximate surface area is 412 Å². The second-order valence-electron chi connectivity index (χ2n) is 21.1. The molecule has 0 aliphatic carbocycles. The fraction of sp³-hybridized carbons (Fsp3) is 0.949. The molecule has 0 rings (SSSR count). The number of nitrogens with zero attached hydrogens (tertiary/aromatic N) is 2. The van der Waals surface area contributed by atoms with Gasteiger partial charge in [0.15, 0.2) is 0 Å². The topological polar surface area (TPSA) is 76.2 Å². The van der Waals surface area contributed by atoms with Gasteiger partial charge >= 0.3 is 11.9 Å². The highest BCUT2D eigenvalue weighted by Crippen LogP contribution is 2.27. The number of rotatable bonds is 51. The van der Waals surface area contributed by atoms with E-state index in [4.69, 9.17) is 9.47 Å². The zero-order valence-corrected chi connectivity index (χ0v) is 45.9. The van der Waals surface area contributed by atoms with Crippen molar-refractivity contribution in [3.8, 4) is 0 Å². The zero-order valence-electron chi connectivity index (χ0n) is 45.9. The summed E-state index contributed by atoms with van der Waals surface area (Å²) < 4.78 is 11.6. The maximum Gasteiger partial charge on any atom is 0.305 e. The summed E-state index contributed by atoms with van der Waals surface area (Å²) in [6.45, 7) is 16.7. The number of ether oxygens (including phenoxy) is 2. The minimum Gasteiger partial charge on any atom is -0.465 e. The van der Waals surface area contributed by atoms with Gasteiger partial charge in [-0.1, -0.05) is 215 Å². The van der Waals surface area contributed by atoms with E-state index in [2.05, 4.69) is 65.4 Å². The van der Waals surface area contributed by atoms with Gasteiger partial charge in [-0.15, -0.1) is 0 Å². The SMILES string of the molecule is CCCCCCC(CCCC)COC(=O)CCCCCCCCC(CCCCCCCCC(=O)OCC(CCCC)CCCCCC)C(=O)N(CCCN(C)C)C(CCCC)CCCCC. The summed E-state index contributed by atoms with van der Waals surface area (Å²) in [6.07, 6.45) is 45.3. The second-order valence-corrected chi connectivity index (χ2v) is 21.1. The molecule has 3 atom stereocenters. The van der Waals surface area contributed by atoms with Crippen LogP contribution in [0.2, 0.25) is 0 Å². The van der Waals surface area contributed by atoms with Gasteiger partial charge in [-0.2, -0.15) is 0 Å². The summed E-state index contributed by atoms with van der Waals surface area (Å²) in [5, 5.41) is 0. The molecule has 0 heterocycles. The van der Waals surface area contributed by atoms with Gasteiger partial charge in [0.1, 0.15) is 0 Å². The van der Waals surface area contributed by atoms with Crippen molar-refractivity contribution in [1.29, 1.82) is 0 Å². The summed E-state index contributed by atoms with van der Waals surface area (Å²) in [4.78, 5) is 44.7. The highest BCUT2D eigenvalue weighted by Gasteiger charge is 2.29. The molecule has 0 radical (unpaired) electrons. The molecule has 0 bridgehead atoms. The molecule has 0 aliphatic rings. The van der Waals surface area contributed by atoms with Crippen molar-refractivity contribution in [3.05, 3.63) is 0 Å². The zero-order chi connectivity index (χ0) is 48.7. The predicted molar refractivity (Wildman–Crippen MR) is 285 cm³/mol. The van der Waals surface area contributed by atoms with Crippen LogP contribution in [0.25, 0.3) is 0 Å². The van der Waals surface area contributed by atoms with E-state index >= 15 is 0 Å². The molecular formula is C59H116N2O5. The van der Waals surface area contributed by atoms with Gasteiger partial charge in [0.25, 0.3) is 0 Å². The lowest BCUT2D eigenvalue weighted by atomic mass is 9.91. The van der Waals surface area contributed by atoms with Crippen molar-refractivity contribution in [2.45, 2.75) is 304 Å². The number of unbranched alkanes of at least 4 members (excludes halogenated alkanes) is 21. The first-order valence-electron chi connectivity index (χ1n) is 29.4. The molecule has 1 amide bonds. The van der Waals surface area contributed by atoms with Gasteiger partial charge < -0.3 is 19.3 Å². The third kappa shape index (κ3) is 39.2. The normalized spacial score (nSPS) is 13.5. The molecule has 0 N–H and O–H groups in total. The average molecular weight is 934 g/mol. The highest BCUT2D eigenvalue weighted by atomic mass is 16.5. The molecular weight excluding hydrogens is 817 g/mol. The van der Waals surface area contributed by atoms with Crippen LogP contribution in [0, 0.1) is 17.8 Å². The number of hydrogen-bond acceptors (Lipinski definition) is 6. The Hall–Kier alpha value is -1.63. The van der Waals surface area contributed by atoms with Crippen molar-refractivity contribution in [2.75, 3.05) is 40.4 Å². The number of hydrogen-bond donors (Lipinski definition) is 0. The first-order chi connectivity index (χ1) is 32.2. The Morgan fingerprint density at radius 2 is 0.697 bits per heavy atom. The molecule has 0 aromatic rings. The van der Waals surface area contributed by atoms with Gasteiger partial charge in [-0.3, -0.25) is 14.4 Å². The van der Waals surface area contributed by atoms with E-state index < -0.39 is 0 Å². The number of amides is 1. The Balaban J connectivity index is 5.18. The van der Waals surface area contributed by atoms with Crippen LogP contribution in [0.1, 0.15) is 298 Å². The van der Waals surface area contributed by atoms with Crippen LogP contribution >= 0.6 is 0 Å². The minimum atomic E-state index is -0.0111. The Morgan fingerprint density at radius 1 is 0.364 bits per heavy atom. The number of carbonyl (C=O) groups excluding carboxylic acids is 3. The van der Waals surface area contributed by atoms with E-state index in [0.717, 1.165) is 109 Å². The largest absolute Gasteiger partial charge is 0.465 e. The van der Waals surface area contributed by atoms with Crippen LogP contribution in [0.4, 0.5) is 0 Å². The van der Waals surface area contributed by atoms with Gasteiger partial charge in [-0.25, -0.2) is 0 Å². The lowest BCUT2D eigenvalue weighted by molar-refractivity contribution is -0.146. The molecule has 0 saturated carbocycles. The van der Waals surface area contributed by atoms with E-state index in [1.807, 2.05) is 0 Å². The Bertz CT molecular complexity index is 1010. The standard InChI is InChI=1S/C59H116N2O5/c1-9-15-21-32-41-53(39-18-12-4)51-65-57(62)47-36-29-25-23-27-34-43-55(59(64)61(50-38-49-60(7)8)56(45-20-14-6)46-31-17-11-3)44-35-28-24-26-30-37-48-58(63)66-52-54(40-19-13-5)42-33-22-16-10-2/h53-56H,9-52H2,1-8H3. The van der Waals surface area contributed by atoms with Crippen LogP contribution in [0.3, 0.4) is 0 Å². The van der Waals surface area contributed by atoms with Crippen molar-refractivity contribution < 1.29 is 23.9 Å². The van der Waals surface area contributed by atoms with Gasteiger partial charge in [0.2, 0.25) is 5.91 Å². The van der Waals surface area contributed by atoms with E-state index in [1.165, 1.54) is 148 Å². The van der Waals surface area contributed by atoms with E-state index in [-0.39, 0.29) is 17.9 Å². The molecule has 0 saturated heterocycles. The molecule has 0 aromatic heterocycles. The van der Waals surface area contributed by atoms with Crippen molar-refractivity contribution >= 4 is 17.8 Å². The lowest BCUT2D eigenvalue weighted by Gasteiger charge is -2.35. The first-order valence-corrected chi connectivity index (χ1v) is 29.4. The first kappa shape index (κ1) is 64.4. The van der Waals surface area contributed by atoms with Crippen LogP contribution in [-0.2, 0) is 23.9 Å². The maximum atomic E-state index is 14.8. The fourth-order valence-electron chi connectivity index (χ4n) is 9.81. The van der Waals surface area contributed by atoms with Crippen molar-refractivity contribution in [3.63, 3.8) is 0 Å². The molecule has 0 aromatic carbocycles. The predicted octanol–water partition coefficient (Wildman–Crippen LogP) is 17.4. The quantitative estimate of drug-likeness (QED) is 0.0447. The molecule has 392 valence electrons. The molecule has 0 spiro atoms. The van der Waals surface area contributed by atoms with Gasteiger partial charge in [0, 0.05) is 31.3 Å². The summed E-state index contributed by atoms with van der Waals surface area (Å²) in [5.41, 5.74) is 0. The minimum absolute atomic E-state index is 0.0111. The van der Waals surface area contributed by atoms with Crippen molar-refractivity contribution in [2.24, 2.45) is 17.8 Å². The number of esters is 2. The average Bonchev–Trinajstić information content (AvgIpc) is 3.31. The van der Waals surface area contributed by atoms with Crippen molar-refractivity contribution in [1.82, 2.24) is 9.80 Å². The Morgan fingerprint density at radius 3 is 1.14 bits per heavy atom. The molecule has 0 fully saturated rings. The summed E-state index contributed by atoms with van der Waals surface area (Å²) >= 11 is 0. The molecule has 3 unspecified atom stereocenters. The molecule has 0 aliphatic heterocycles. The highest BCUT2D eigenvalue weighted by molar-refractivity contribution is 5.79. The molecule has 7 heteroatoms. The van der Waals surface area contributed by atoms with Gasteiger partial charge in [0.05, 0.1) is 13.2 Å². The fourth-order valence-corrected chi connectivity index (χ4v) is 9.81. The van der Waals surface area contributed by atoms with Gasteiger partial charge in [-0.05, 0) is 103 Å². The molecule has 66 heavy (non-hydrogen) atoms. The summed E-state index contributed by atoms with van der Waals surface area (Å²) in [5.74, 6) is 1.55. The van der Waals surface area contributed by atoms with E-state index in [9.17, 15) is 14.4 Å². The third-order valence-corrected chi connectivity index (χ3v) is 14.3. The molecule has 7 nitrogen and oxygen atoms in total. The monoisotopic (exact) mass is 933 g/mol. The summed E-state index contributed by atoms with van der Waals surface area (Å²) in [7, 11) is 4.29. The van der Waals surface area contributed by atoms with E-state index in [0.29, 0.717) is 49.8 Å². The van der Waals surface area contributed by atoms with Crippen LogP contribution < -0.4 is 0 Å². The Kier molecular flexibility index (Phi) is 47.2. The van der Waals surface area contributed by atoms with Crippen LogP contribution in [-0.4, -0.2) is 74.1 Å². The van der Waals surface area contributed by atoms with Crippen LogP contribution in [0.15, 0.2) is 0 Å². The van der Waals surface area contributed by atoms with Crippen LogP contribution in [0.5, 0.6) is 0 Å². The van der Waals surface area contributed by atoms with E-state index in [1.54, 1.807) is 0 Å². The third-order valence-electron chi connectivity index (χ3n) is 14.3.